The fourth-order valence-electron chi connectivity index (χ4n) is 4.26. The van der Waals surface area contributed by atoms with Gasteiger partial charge >= 0.3 is 5.97 Å². The maximum atomic E-state index is 13.6. The molecule has 0 atom stereocenters. The lowest BCUT2D eigenvalue weighted by Gasteiger charge is -2.29. The van der Waals surface area contributed by atoms with E-state index in [2.05, 4.69) is 17.1 Å². The number of anilines is 1. The fraction of sp³-hybridized carbons (Fsp3) is 0.333. The van der Waals surface area contributed by atoms with Gasteiger partial charge in [0.05, 0.1) is 17.7 Å². The maximum absolute atomic E-state index is 13.6. The largest absolute Gasteiger partial charge is 0.462 e. The molecule has 0 saturated heterocycles. The Morgan fingerprint density at radius 1 is 1.18 bits per heavy atom. The number of likely N-dealkylation sites (N-methyl/N-ethyl adjacent to an activating group) is 1. The summed E-state index contributed by atoms with van der Waals surface area (Å²) < 4.78 is 10.6. The quantitative estimate of drug-likeness (QED) is 0.553. The normalized spacial score (nSPS) is 13.5. The lowest BCUT2D eigenvalue weighted by atomic mass is 9.95. The number of nitrogens with one attached hydrogen (secondary N) is 1. The lowest BCUT2D eigenvalue weighted by molar-refractivity contribution is 0.0521. The zero-order valence-corrected chi connectivity index (χ0v) is 18.9. The van der Waals surface area contributed by atoms with Crippen LogP contribution in [0.4, 0.5) is 5.88 Å². The second-order valence-corrected chi connectivity index (χ2v) is 7.82. The van der Waals surface area contributed by atoms with Crippen LogP contribution in [0.3, 0.4) is 0 Å². The number of aromatic nitrogens is 1. The van der Waals surface area contributed by atoms with Crippen LogP contribution >= 0.6 is 0 Å². The molecule has 0 bridgehead atoms. The van der Waals surface area contributed by atoms with Crippen molar-refractivity contribution in [1.82, 2.24) is 9.88 Å². The van der Waals surface area contributed by atoms with Gasteiger partial charge in [-0.1, -0.05) is 25.1 Å². The third-order valence-electron chi connectivity index (χ3n) is 5.84. The zero-order valence-electron chi connectivity index (χ0n) is 18.9. The van der Waals surface area contributed by atoms with Gasteiger partial charge in [-0.2, -0.15) is 0 Å². The molecule has 1 aliphatic rings. The van der Waals surface area contributed by atoms with E-state index in [0.29, 0.717) is 23.0 Å². The number of hydrogen-bond donors (Lipinski definition) is 2. The molecule has 172 valence electrons. The standard InChI is InChI=1S/C24H26N4O5/c1-4-28-11-10-17-15(12-28)19(14-8-6-7-9-16(14)26-17)22(30)27-23-20(21(25)29)18(13(3)33-23)24(31)32-5-2/h6-9H,4-5,10-12H2,1-3H3,(H2,25,29)(H,27,30). The topological polar surface area (TPSA) is 128 Å². The monoisotopic (exact) mass is 450 g/mol. The minimum Gasteiger partial charge on any atom is -0.462 e. The van der Waals surface area contributed by atoms with E-state index in [9.17, 15) is 14.4 Å². The van der Waals surface area contributed by atoms with Crippen LogP contribution < -0.4 is 11.1 Å². The third kappa shape index (κ3) is 4.07. The fourth-order valence-corrected chi connectivity index (χ4v) is 4.26. The Hall–Kier alpha value is -3.72. The molecular weight excluding hydrogens is 424 g/mol. The molecule has 0 aliphatic carbocycles. The highest BCUT2D eigenvalue weighted by Gasteiger charge is 2.31. The van der Waals surface area contributed by atoms with Gasteiger partial charge in [-0.3, -0.25) is 24.8 Å². The van der Waals surface area contributed by atoms with Crippen LogP contribution in [-0.2, 0) is 17.7 Å². The molecule has 4 rings (SSSR count). The minimum atomic E-state index is -0.899. The van der Waals surface area contributed by atoms with E-state index in [0.717, 1.165) is 30.8 Å². The number of carbonyl (C=O) groups is 3. The van der Waals surface area contributed by atoms with Crippen molar-refractivity contribution in [2.75, 3.05) is 25.0 Å². The van der Waals surface area contributed by atoms with E-state index in [4.69, 9.17) is 19.9 Å². The molecule has 2 aromatic heterocycles. The minimum absolute atomic E-state index is 0.0848. The SMILES string of the molecule is CCOC(=O)c1c(C)oc(NC(=O)c2c3c(nc4ccccc24)CCN(CC)C3)c1C(N)=O. The maximum Gasteiger partial charge on any atom is 0.342 e. The number of esters is 1. The van der Waals surface area contributed by atoms with E-state index in [-0.39, 0.29) is 29.4 Å². The van der Waals surface area contributed by atoms with Gasteiger partial charge in [0.25, 0.3) is 11.8 Å². The summed E-state index contributed by atoms with van der Waals surface area (Å²) in [6.45, 7) is 7.64. The number of ether oxygens (including phenoxy) is 1. The Bertz CT molecular complexity index is 1260. The number of furan rings is 1. The number of para-hydroxylation sites is 1. The van der Waals surface area contributed by atoms with Crippen LogP contribution in [0.15, 0.2) is 28.7 Å². The van der Waals surface area contributed by atoms with Gasteiger partial charge in [0.1, 0.15) is 16.9 Å². The van der Waals surface area contributed by atoms with Crippen molar-refractivity contribution in [3.63, 3.8) is 0 Å². The number of amides is 2. The Balaban J connectivity index is 1.82. The predicted molar refractivity (Wildman–Crippen MR) is 122 cm³/mol. The molecule has 1 aliphatic heterocycles. The predicted octanol–water partition coefficient (Wildman–Crippen LogP) is 3.04. The number of pyridine rings is 1. The number of fused-ring (bicyclic) bond motifs is 2. The van der Waals surface area contributed by atoms with Gasteiger partial charge in [-0.25, -0.2) is 4.79 Å². The number of benzene rings is 1. The first-order valence-corrected chi connectivity index (χ1v) is 10.9. The lowest BCUT2D eigenvalue weighted by Crippen LogP contribution is -2.33. The van der Waals surface area contributed by atoms with Crippen LogP contribution in [0.5, 0.6) is 0 Å². The van der Waals surface area contributed by atoms with Crippen molar-refractivity contribution in [2.45, 2.75) is 33.7 Å². The summed E-state index contributed by atoms with van der Waals surface area (Å²) in [5, 5.41) is 3.38. The van der Waals surface area contributed by atoms with E-state index >= 15 is 0 Å². The number of hydrogen-bond acceptors (Lipinski definition) is 7. The average Bonchev–Trinajstić information content (AvgIpc) is 3.12. The van der Waals surface area contributed by atoms with Crippen LogP contribution in [0.2, 0.25) is 0 Å². The molecule has 0 spiro atoms. The summed E-state index contributed by atoms with van der Waals surface area (Å²) in [6.07, 6.45) is 0.730. The Morgan fingerprint density at radius 2 is 1.94 bits per heavy atom. The van der Waals surface area contributed by atoms with E-state index in [1.807, 2.05) is 24.3 Å². The highest BCUT2D eigenvalue weighted by molar-refractivity contribution is 6.16. The highest BCUT2D eigenvalue weighted by atomic mass is 16.5. The van der Waals surface area contributed by atoms with Crippen molar-refractivity contribution in [3.05, 3.63) is 58.0 Å². The highest BCUT2D eigenvalue weighted by Crippen LogP contribution is 2.31. The van der Waals surface area contributed by atoms with Crippen LogP contribution in [0.25, 0.3) is 10.9 Å². The smallest absolute Gasteiger partial charge is 0.342 e. The van der Waals surface area contributed by atoms with Gasteiger partial charge in [0.15, 0.2) is 0 Å². The molecule has 2 amide bonds. The van der Waals surface area contributed by atoms with Gasteiger partial charge < -0.3 is 14.9 Å². The molecular formula is C24H26N4O5. The molecule has 0 radical (unpaired) electrons. The van der Waals surface area contributed by atoms with E-state index in [1.165, 1.54) is 6.92 Å². The molecule has 33 heavy (non-hydrogen) atoms. The molecule has 0 saturated carbocycles. The second kappa shape index (κ2) is 9.03. The second-order valence-electron chi connectivity index (χ2n) is 7.82. The molecule has 0 unspecified atom stereocenters. The Morgan fingerprint density at radius 3 is 2.64 bits per heavy atom. The summed E-state index contributed by atoms with van der Waals surface area (Å²) in [5.41, 5.74) is 8.15. The molecule has 3 heterocycles. The van der Waals surface area contributed by atoms with Crippen molar-refractivity contribution in [1.29, 1.82) is 0 Å². The summed E-state index contributed by atoms with van der Waals surface area (Å²) >= 11 is 0. The van der Waals surface area contributed by atoms with E-state index < -0.39 is 17.8 Å². The first-order chi connectivity index (χ1) is 15.8. The van der Waals surface area contributed by atoms with Gasteiger partial charge in [0, 0.05) is 36.2 Å². The Kier molecular flexibility index (Phi) is 6.15. The summed E-state index contributed by atoms with van der Waals surface area (Å²) in [4.78, 5) is 45.2. The molecule has 0 fully saturated rings. The summed E-state index contributed by atoms with van der Waals surface area (Å²) in [7, 11) is 0. The summed E-state index contributed by atoms with van der Waals surface area (Å²) in [6, 6.07) is 7.42. The first kappa shape index (κ1) is 22.5. The molecule has 9 nitrogen and oxygen atoms in total. The number of aryl methyl sites for hydroxylation is 1. The number of nitrogens with zero attached hydrogens (tertiary/aromatic N) is 2. The molecule has 3 aromatic rings. The molecule has 3 N–H and O–H groups in total. The molecule has 1 aromatic carbocycles. The number of nitrogens with two attached hydrogens (primary N) is 1. The third-order valence-corrected chi connectivity index (χ3v) is 5.84. The summed E-state index contributed by atoms with van der Waals surface area (Å²) in [5.74, 6) is -2.14. The van der Waals surface area contributed by atoms with E-state index in [1.54, 1.807) is 6.92 Å². The van der Waals surface area contributed by atoms with Crippen molar-refractivity contribution < 1.29 is 23.5 Å². The number of rotatable bonds is 6. The van der Waals surface area contributed by atoms with Gasteiger partial charge in [0.2, 0.25) is 5.88 Å². The van der Waals surface area contributed by atoms with Crippen LogP contribution in [0, 0.1) is 6.92 Å². The van der Waals surface area contributed by atoms with Crippen molar-refractivity contribution in [3.8, 4) is 0 Å². The van der Waals surface area contributed by atoms with Crippen LogP contribution in [0.1, 0.15) is 61.9 Å². The number of primary amides is 1. The first-order valence-electron chi connectivity index (χ1n) is 10.9. The average molecular weight is 450 g/mol. The van der Waals surface area contributed by atoms with Gasteiger partial charge in [-0.05, 0) is 26.5 Å². The Labute approximate surface area is 190 Å². The van der Waals surface area contributed by atoms with Crippen LogP contribution in [-0.4, -0.2) is 47.4 Å². The number of carbonyl (C=O) groups excluding carboxylic acids is 3. The van der Waals surface area contributed by atoms with Gasteiger partial charge in [-0.15, -0.1) is 0 Å². The van der Waals surface area contributed by atoms with Crippen molar-refractivity contribution in [2.24, 2.45) is 5.73 Å². The van der Waals surface area contributed by atoms with Crippen molar-refractivity contribution >= 4 is 34.6 Å². The zero-order chi connectivity index (χ0) is 23.7. The molecule has 9 heteroatoms.